The van der Waals surface area contributed by atoms with Gasteiger partial charge in [-0.2, -0.15) is 0 Å². The van der Waals surface area contributed by atoms with Gasteiger partial charge in [0.1, 0.15) is 0 Å². The van der Waals surface area contributed by atoms with Crippen molar-refractivity contribution in [2.75, 3.05) is 13.2 Å². The van der Waals surface area contributed by atoms with E-state index in [1.807, 2.05) is 6.92 Å². The molecule has 0 aliphatic carbocycles. The number of Topliss-reactive ketones (excluding diaryl/α,β-unsaturated/α-hetero) is 1. The van der Waals surface area contributed by atoms with Gasteiger partial charge in [0.15, 0.2) is 5.78 Å². The first-order valence-corrected chi connectivity index (χ1v) is 4.11. The van der Waals surface area contributed by atoms with Crippen LogP contribution in [0.1, 0.15) is 19.8 Å². The molecule has 1 N–H and O–H groups in total. The maximum absolute atomic E-state index is 11.1. The number of hydrogen-bond acceptors (Lipinski definition) is 3. The van der Waals surface area contributed by atoms with Crippen LogP contribution in [0.5, 0.6) is 0 Å². The van der Waals surface area contributed by atoms with E-state index in [1.165, 1.54) is 4.90 Å². The van der Waals surface area contributed by atoms with Crippen LogP contribution < -0.4 is 0 Å². The summed E-state index contributed by atoms with van der Waals surface area (Å²) in [5.74, 6) is -0.201. The van der Waals surface area contributed by atoms with Crippen LogP contribution in [0.2, 0.25) is 0 Å². The molecular formula is C8H13NO3. The Bertz CT molecular complexity index is 198. The van der Waals surface area contributed by atoms with Crippen LogP contribution in [0.4, 0.5) is 0 Å². The molecule has 0 aromatic carbocycles. The maximum atomic E-state index is 11.1. The highest BCUT2D eigenvalue weighted by Gasteiger charge is 2.31. The Balaban J connectivity index is 2.62. The Morgan fingerprint density at radius 2 is 2.25 bits per heavy atom. The second-order valence-electron chi connectivity index (χ2n) is 2.98. The van der Waals surface area contributed by atoms with E-state index in [2.05, 4.69) is 0 Å². The van der Waals surface area contributed by atoms with E-state index in [1.54, 1.807) is 0 Å². The van der Waals surface area contributed by atoms with E-state index in [0.717, 1.165) is 0 Å². The Hall–Kier alpha value is -0.900. The van der Waals surface area contributed by atoms with Crippen LogP contribution in [-0.4, -0.2) is 40.9 Å². The van der Waals surface area contributed by atoms with E-state index in [4.69, 9.17) is 5.11 Å². The molecule has 0 bridgehead atoms. The van der Waals surface area contributed by atoms with Gasteiger partial charge >= 0.3 is 0 Å². The van der Waals surface area contributed by atoms with Crippen molar-refractivity contribution in [2.45, 2.75) is 25.8 Å². The molecule has 1 fully saturated rings. The third-order valence-electron chi connectivity index (χ3n) is 2.14. The lowest BCUT2D eigenvalue weighted by Crippen LogP contribution is -2.38. The number of nitrogens with zero attached hydrogens (tertiary/aromatic N) is 1. The highest BCUT2D eigenvalue weighted by molar-refractivity contribution is 6.05. The largest absolute Gasteiger partial charge is 0.394 e. The number of rotatable bonds is 3. The molecule has 1 rings (SSSR count). The summed E-state index contributed by atoms with van der Waals surface area (Å²) in [6.45, 7) is 2.00. The van der Waals surface area contributed by atoms with Crippen LogP contribution in [0.15, 0.2) is 0 Å². The molecule has 1 aliphatic rings. The van der Waals surface area contributed by atoms with Gasteiger partial charge in [-0.25, -0.2) is 0 Å². The van der Waals surface area contributed by atoms with E-state index in [0.29, 0.717) is 6.42 Å². The van der Waals surface area contributed by atoms with Crippen molar-refractivity contribution in [3.8, 4) is 0 Å². The molecule has 1 heterocycles. The van der Waals surface area contributed by atoms with E-state index in [9.17, 15) is 9.59 Å². The number of carbonyl (C=O) groups excluding carboxylic acids is 2. The number of likely N-dealkylation sites (tertiary alicyclic amines) is 1. The van der Waals surface area contributed by atoms with Crippen molar-refractivity contribution >= 4 is 11.7 Å². The minimum Gasteiger partial charge on any atom is -0.394 e. The summed E-state index contributed by atoms with van der Waals surface area (Å²) in [6, 6.07) is -0.177. The standard InChI is InChI=1S/C8H13NO3/c1-2-6(5-10)9-4-7(11)3-8(9)12/h6,10H,2-5H2,1H3/t6-/m0/s1. The van der Waals surface area contributed by atoms with Crippen molar-refractivity contribution < 1.29 is 14.7 Å². The Morgan fingerprint density at radius 1 is 1.58 bits per heavy atom. The second-order valence-corrected chi connectivity index (χ2v) is 2.98. The molecule has 1 saturated heterocycles. The fraction of sp³-hybridized carbons (Fsp3) is 0.750. The molecule has 1 aliphatic heterocycles. The number of aliphatic hydroxyl groups is 1. The molecule has 1 amide bonds. The molecule has 0 saturated carbocycles. The lowest BCUT2D eigenvalue weighted by molar-refractivity contribution is -0.130. The fourth-order valence-corrected chi connectivity index (χ4v) is 1.39. The van der Waals surface area contributed by atoms with Gasteiger partial charge in [0.05, 0.1) is 25.6 Å². The van der Waals surface area contributed by atoms with Crippen LogP contribution in [0, 0.1) is 0 Å². The molecule has 0 radical (unpaired) electrons. The Labute approximate surface area is 71.2 Å². The minimum absolute atomic E-state index is 0.0104. The molecular weight excluding hydrogens is 158 g/mol. The van der Waals surface area contributed by atoms with Gasteiger partial charge in [-0.05, 0) is 6.42 Å². The third-order valence-corrected chi connectivity index (χ3v) is 2.14. The van der Waals surface area contributed by atoms with Crippen molar-refractivity contribution in [3.05, 3.63) is 0 Å². The SMILES string of the molecule is CC[C@@H](CO)N1CC(=O)CC1=O. The van der Waals surface area contributed by atoms with E-state index in [-0.39, 0.29) is 37.3 Å². The average molecular weight is 171 g/mol. The number of aliphatic hydroxyl groups excluding tert-OH is 1. The molecule has 0 unspecified atom stereocenters. The number of hydrogen-bond donors (Lipinski definition) is 1. The average Bonchev–Trinajstić information content (AvgIpc) is 2.34. The zero-order valence-electron chi connectivity index (χ0n) is 7.12. The number of amides is 1. The van der Waals surface area contributed by atoms with E-state index < -0.39 is 0 Å². The molecule has 0 aromatic heterocycles. The van der Waals surface area contributed by atoms with Crippen molar-refractivity contribution in [3.63, 3.8) is 0 Å². The predicted molar refractivity (Wildman–Crippen MR) is 42.5 cm³/mol. The first-order chi connectivity index (χ1) is 5.69. The normalized spacial score (nSPS) is 20.3. The lowest BCUT2D eigenvalue weighted by Gasteiger charge is -2.23. The van der Waals surface area contributed by atoms with Crippen LogP contribution >= 0.6 is 0 Å². The first-order valence-electron chi connectivity index (χ1n) is 4.11. The summed E-state index contributed by atoms with van der Waals surface area (Å²) >= 11 is 0. The first kappa shape index (κ1) is 9.19. The fourth-order valence-electron chi connectivity index (χ4n) is 1.39. The third kappa shape index (κ3) is 1.64. The van der Waals surface area contributed by atoms with Crippen LogP contribution in [0.25, 0.3) is 0 Å². The summed E-state index contributed by atoms with van der Waals surface area (Å²) in [7, 11) is 0. The van der Waals surface area contributed by atoms with E-state index >= 15 is 0 Å². The zero-order valence-corrected chi connectivity index (χ0v) is 7.12. The highest BCUT2D eigenvalue weighted by Crippen LogP contribution is 2.12. The van der Waals surface area contributed by atoms with Gasteiger partial charge in [-0.1, -0.05) is 6.92 Å². The maximum Gasteiger partial charge on any atom is 0.230 e. The molecule has 0 aromatic rings. The Kier molecular flexibility index (Phi) is 2.81. The van der Waals surface area contributed by atoms with Crippen molar-refractivity contribution in [1.29, 1.82) is 0 Å². The lowest BCUT2D eigenvalue weighted by atomic mass is 10.2. The smallest absolute Gasteiger partial charge is 0.230 e. The molecule has 68 valence electrons. The second kappa shape index (κ2) is 3.67. The summed E-state index contributed by atoms with van der Waals surface area (Å²) < 4.78 is 0. The Morgan fingerprint density at radius 3 is 2.58 bits per heavy atom. The quantitative estimate of drug-likeness (QED) is 0.585. The molecule has 1 atom stereocenters. The van der Waals surface area contributed by atoms with Gasteiger partial charge in [-0.15, -0.1) is 0 Å². The minimum atomic E-state index is -0.177. The van der Waals surface area contributed by atoms with Gasteiger partial charge in [-0.3, -0.25) is 9.59 Å². The van der Waals surface area contributed by atoms with Crippen LogP contribution in [-0.2, 0) is 9.59 Å². The molecule has 0 spiro atoms. The van der Waals surface area contributed by atoms with Crippen molar-refractivity contribution in [2.24, 2.45) is 0 Å². The van der Waals surface area contributed by atoms with Crippen molar-refractivity contribution in [1.82, 2.24) is 4.90 Å². The van der Waals surface area contributed by atoms with Gasteiger partial charge in [0, 0.05) is 0 Å². The number of carbonyl (C=O) groups is 2. The number of ketones is 1. The summed E-state index contributed by atoms with van der Waals surface area (Å²) in [5, 5.41) is 8.89. The summed E-state index contributed by atoms with van der Waals surface area (Å²) in [6.07, 6.45) is 0.700. The van der Waals surface area contributed by atoms with Gasteiger partial charge < -0.3 is 10.0 Å². The molecule has 4 heteroatoms. The summed E-state index contributed by atoms with van der Waals surface area (Å²) in [4.78, 5) is 23.5. The van der Waals surface area contributed by atoms with Gasteiger partial charge in [0.2, 0.25) is 5.91 Å². The molecule has 4 nitrogen and oxygen atoms in total. The monoisotopic (exact) mass is 171 g/mol. The van der Waals surface area contributed by atoms with Gasteiger partial charge in [0.25, 0.3) is 0 Å². The topological polar surface area (TPSA) is 57.6 Å². The van der Waals surface area contributed by atoms with Crippen LogP contribution in [0.3, 0.4) is 0 Å². The summed E-state index contributed by atoms with van der Waals surface area (Å²) in [5.41, 5.74) is 0. The highest BCUT2D eigenvalue weighted by atomic mass is 16.3. The predicted octanol–water partition coefficient (Wildman–Crippen LogP) is -0.441. The molecule has 12 heavy (non-hydrogen) atoms. The zero-order chi connectivity index (χ0) is 9.14.